The van der Waals surface area contributed by atoms with Crippen LogP contribution in [-0.4, -0.2) is 56.9 Å². The van der Waals surface area contributed by atoms with Crippen LogP contribution in [0.4, 0.5) is 10.5 Å². The second-order valence-corrected chi connectivity index (χ2v) is 11.2. The Morgan fingerprint density at radius 1 is 1.09 bits per heavy atom. The molecule has 7 rings (SSSR count). The number of anilines is 1. The molecule has 1 amide bonds. The second-order valence-electron chi connectivity index (χ2n) is 11.2. The largest absolute Gasteiger partial charge is 0.490 e. The highest BCUT2D eigenvalue weighted by Gasteiger charge is 2.42. The molecule has 0 saturated carbocycles. The fourth-order valence-electron chi connectivity index (χ4n) is 6.38. The predicted octanol–water partition coefficient (Wildman–Crippen LogP) is 4.63. The number of piperidine rings is 3. The highest BCUT2D eigenvalue weighted by Crippen LogP contribution is 2.47. The van der Waals surface area contributed by atoms with Crippen molar-refractivity contribution in [2.45, 2.75) is 45.3 Å². The van der Waals surface area contributed by atoms with Gasteiger partial charge in [0.1, 0.15) is 18.5 Å². The molecule has 2 aromatic carbocycles. The minimum absolute atomic E-state index is 0.0270. The summed E-state index contributed by atoms with van der Waals surface area (Å²) in [4.78, 5) is 17.6. The molecule has 0 aromatic heterocycles. The lowest BCUT2D eigenvalue weighted by atomic mass is 9.85. The van der Waals surface area contributed by atoms with Gasteiger partial charge in [-0.3, -0.25) is 4.90 Å². The first-order valence-electron chi connectivity index (χ1n) is 12.7. The smallest absolute Gasteiger partial charge is 0.407 e. The van der Waals surface area contributed by atoms with Gasteiger partial charge >= 0.3 is 6.09 Å². The Hall–Kier alpha value is -2.73. The minimum atomic E-state index is -0.273. The Balaban J connectivity index is 1.20. The first-order chi connectivity index (χ1) is 16.4. The Bertz CT molecular complexity index is 1110. The van der Waals surface area contributed by atoms with Crippen LogP contribution in [0.25, 0.3) is 11.1 Å². The highest BCUT2D eigenvalue weighted by molar-refractivity contribution is 5.74. The molecule has 3 fully saturated rings. The van der Waals surface area contributed by atoms with E-state index in [1.807, 2.05) is 0 Å². The van der Waals surface area contributed by atoms with Gasteiger partial charge in [0, 0.05) is 13.6 Å². The number of fused-ring (bicyclic) bond motifs is 5. The van der Waals surface area contributed by atoms with Crippen LogP contribution in [0.2, 0.25) is 0 Å². The van der Waals surface area contributed by atoms with Crippen molar-refractivity contribution in [3.63, 3.8) is 0 Å². The molecule has 34 heavy (non-hydrogen) atoms. The maximum Gasteiger partial charge on any atom is 0.407 e. The number of ether oxygens (including phenoxy) is 2. The molecule has 2 atom stereocenters. The lowest BCUT2D eigenvalue weighted by Gasteiger charge is -2.44. The third-order valence-corrected chi connectivity index (χ3v) is 8.39. The van der Waals surface area contributed by atoms with Crippen LogP contribution in [0.1, 0.15) is 43.9 Å². The van der Waals surface area contributed by atoms with E-state index in [-0.39, 0.29) is 23.7 Å². The summed E-state index contributed by atoms with van der Waals surface area (Å²) in [6.45, 7) is 9.26. The van der Waals surface area contributed by atoms with Crippen molar-refractivity contribution < 1.29 is 14.3 Å². The van der Waals surface area contributed by atoms with Crippen LogP contribution in [-0.2, 0) is 11.2 Å². The predicted molar refractivity (Wildman–Crippen MR) is 133 cm³/mol. The fourth-order valence-corrected chi connectivity index (χ4v) is 6.38. The van der Waals surface area contributed by atoms with Gasteiger partial charge in [-0.1, -0.05) is 38.1 Å². The molecule has 180 valence electrons. The van der Waals surface area contributed by atoms with Crippen LogP contribution >= 0.6 is 0 Å². The molecule has 4 heterocycles. The number of nitrogens with zero attached hydrogens (tertiary/aromatic N) is 2. The van der Waals surface area contributed by atoms with Crippen molar-refractivity contribution in [3.05, 3.63) is 47.5 Å². The van der Waals surface area contributed by atoms with Gasteiger partial charge in [0.25, 0.3) is 0 Å². The number of nitrogens with one attached hydrogen (secondary N) is 1. The molecule has 2 bridgehead atoms. The number of hydrogen-bond acceptors (Lipinski definition) is 5. The molecule has 1 aliphatic carbocycles. The number of rotatable bonds is 3. The van der Waals surface area contributed by atoms with Crippen LogP contribution in [0.5, 0.6) is 5.75 Å². The van der Waals surface area contributed by atoms with Crippen molar-refractivity contribution >= 4 is 11.8 Å². The Labute approximate surface area is 202 Å². The summed E-state index contributed by atoms with van der Waals surface area (Å²) in [6, 6.07) is 13.1. The normalized spacial score (nSPS) is 28.6. The van der Waals surface area contributed by atoms with Crippen molar-refractivity contribution in [2.75, 3.05) is 44.7 Å². The van der Waals surface area contributed by atoms with E-state index in [1.165, 1.54) is 16.7 Å². The summed E-state index contributed by atoms with van der Waals surface area (Å²) in [6.07, 6.45) is 2.96. The maximum atomic E-state index is 12.9. The van der Waals surface area contributed by atoms with Crippen LogP contribution in [0.3, 0.4) is 0 Å². The van der Waals surface area contributed by atoms with Gasteiger partial charge in [0.05, 0.1) is 18.3 Å². The summed E-state index contributed by atoms with van der Waals surface area (Å²) >= 11 is 0. The van der Waals surface area contributed by atoms with Gasteiger partial charge in [0.15, 0.2) is 0 Å². The van der Waals surface area contributed by atoms with Crippen LogP contribution in [0, 0.1) is 11.3 Å². The zero-order valence-electron chi connectivity index (χ0n) is 20.5. The lowest BCUT2D eigenvalue weighted by molar-refractivity contribution is -0.0348. The minimum Gasteiger partial charge on any atom is -0.490 e. The van der Waals surface area contributed by atoms with E-state index in [0.717, 1.165) is 62.4 Å². The number of alkyl carbamates (subject to hydrolysis) is 1. The number of amides is 1. The summed E-state index contributed by atoms with van der Waals surface area (Å²) in [5.74, 6) is 1.46. The number of benzene rings is 2. The topological polar surface area (TPSA) is 54.0 Å². The summed E-state index contributed by atoms with van der Waals surface area (Å²) in [5, 5.41) is 3.23. The van der Waals surface area contributed by atoms with E-state index < -0.39 is 0 Å². The Kier molecular flexibility index (Phi) is 5.25. The van der Waals surface area contributed by atoms with Gasteiger partial charge < -0.3 is 19.7 Å². The third-order valence-electron chi connectivity index (χ3n) is 8.39. The molecule has 1 unspecified atom stereocenters. The van der Waals surface area contributed by atoms with E-state index in [9.17, 15) is 4.79 Å². The molecule has 1 N–H and O–H groups in total. The number of carbonyl (C=O) groups excluding carboxylic acids is 1. The van der Waals surface area contributed by atoms with Gasteiger partial charge in [-0.2, -0.15) is 0 Å². The summed E-state index contributed by atoms with van der Waals surface area (Å²) in [5.41, 5.74) is 5.91. The highest BCUT2D eigenvalue weighted by atomic mass is 16.6. The van der Waals surface area contributed by atoms with Gasteiger partial charge in [-0.05, 0) is 78.1 Å². The molecule has 3 saturated heterocycles. The first-order valence-corrected chi connectivity index (χ1v) is 12.7. The molecule has 6 nitrogen and oxygen atoms in total. The molecule has 4 aliphatic heterocycles. The van der Waals surface area contributed by atoms with Crippen molar-refractivity contribution in [1.29, 1.82) is 0 Å². The van der Waals surface area contributed by atoms with Crippen molar-refractivity contribution in [1.82, 2.24) is 10.2 Å². The average molecular weight is 462 g/mol. The van der Waals surface area contributed by atoms with Crippen LogP contribution < -0.4 is 15.0 Å². The second kappa shape index (κ2) is 8.19. The molecular formula is C28H35N3O3. The van der Waals surface area contributed by atoms with E-state index in [0.29, 0.717) is 12.5 Å². The van der Waals surface area contributed by atoms with Gasteiger partial charge in [0.2, 0.25) is 0 Å². The zero-order valence-corrected chi connectivity index (χ0v) is 20.5. The Morgan fingerprint density at radius 3 is 2.62 bits per heavy atom. The van der Waals surface area contributed by atoms with Crippen molar-refractivity contribution in [3.8, 4) is 16.9 Å². The zero-order chi connectivity index (χ0) is 23.4. The fraction of sp³-hybridized carbons (Fsp3) is 0.536. The molecule has 0 spiro atoms. The first kappa shape index (κ1) is 21.8. The van der Waals surface area contributed by atoms with E-state index in [2.05, 4.69) is 72.4 Å². The molecule has 2 aromatic rings. The molecular weight excluding hydrogens is 426 g/mol. The number of likely N-dealkylation sites (N-methyl/N-ethyl adjacent to an activating group) is 1. The average Bonchev–Trinajstić information content (AvgIpc) is 3.08. The SMILES string of the molecule is CN1CCOc2cc(-c3ccc4c(c3)CC(C)(C)C4NC(=O)O[C@H]3CN4CCC3CC4)ccc21. The summed E-state index contributed by atoms with van der Waals surface area (Å²) in [7, 11) is 2.10. The standard InChI is InChI=1S/C28H35N3O3/c1-28(2)16-21-14-19(20-5-7-23-24(15-20)33-13-12-30(23)3)4-6-22(21)26(28)29-27(32)34-25-17-31-10-8-18(25)9-11-31/h4-7,14-15,18,25-26H,8-13,16-17H2,1-3H3,(H,29,32)/t25-,26?/m0/s1. The summed E-state index contributed by atoms with van der Waals surface area (Å²) < 4.78 is 11.9. The monoisotopic (exact) mass is 461 g/mol. The molecule has 6 heteroatoms. The maximum absolute atomic E-state index is 12.9. The van der Waals surface area contributed by atoms with Crippen LogP contribution in [0.15, 0.2) is 36.4 Å². The van der Waals surface area contributed by atoms with Crippen molar-refractivity contribution in [2.24, 2.45) is 11.3 Å². The van der Waals surface area contributed by atoms with Gasteiger partial charge in [-0.15, -0.1) is 0 Å². The lowest BCUT2D eigenvalue weighted by Crippen LogP contribution is -2.53. The number of hydrogen-bond donors (Lipinski definition) is 1. The quantitative estimate of drug-likeness (QED) is 0.723. The van der Waals surface area contributed by atoms with Gasteiger partial charge in [-0.25, -0.2) is 4.79 Å². The molecule has 0 radical (unpaired) electrons. The van der Waals surface area contributed by atoms with E-state index in [4.69, 9.17) is 9.47 Å². The van der Waals surface area contributed by atoms with E-state index >= 15 is 0 Å². The molecule has 5 aliphatic rings. The number of carbonyl (C=O) groups is 1. The third kappa shape index (κ3) is 3.82. The Morgan fingerprint density at radius 2 is 1.85 bits per heavy atom. The van der Waals surface area contributed by atoms with E-state index in [1.54, 1.807) is 0 Å².